The Morgan fingerprint density at radius 2 is 2.35 bits per heavy atom. The number of carbonyl (C=O) groups excluding carboxylic acids is 2. The number of carbonyl (C=O) groups is 2. The molecular formula is C10H11FN4O5. The number of amides is 1. The van der Waals surface area contributed by atoms with E-state index < -0.39 is 48.9 Å². The summed E-state index contributed by atoms with van der Waals surface area (Å²) in [5, 5.41) is 22.0. The lowest BCUT2D eigenvalue weighted by Crippen LogP contribution is -2.45. The molecule has 0 spiro atoms. The van der Waals surface area contributed by atoms with Crippen molar-refractivity contribution in [2.45, 2.75) is 30.6 Å². The molecule has 9 nitrogen and oxygen atoms in total. The van der Waals surface area contributed by atoms with Crippen molar-refractivity contribution in [2.24, 2.45) is 5.11 Å². The molecule has 1 saturated heterocycles. The first-order valence-electron chi connectivity index (χ1n) is 5.64. The maximum absolute atomic E-state index is 14.0. The normalized spacial score (nSPS) is 37.1. The summed E-state index contributed by atoms with van der Waals surface area (Å²) in [4.78, 5) is 25.9. The Bertz CT molecular complexity index is 520. The molecule has 108 valence electrons. The molecule has 10 heteroatoms. The maximum Gasteiger partial charge on any atom is 0.236 e. The first kappa shape index (κ1) is 14.4. The molecule has 0 unspecified atom stereocenters. The van der Waals surface area contributed by atoms with Crippen LogP contribution in [0.15, 0.2) is 17.4 Å². The van der Waals surface area contributed by atoms with Crippen molar-refractivity contribution in [3.63, 3.8) is 0 Å². The van der Waals surface area contributed by atoms with Crippen LogP contribution >= 0.6 is 0 Å². The number of halogens is 1. The van der Waals surface area contributed by atoms with E-state index in [0.29, 0.717) is 0 Å². The zero-order valence-corrected chi connectivity index (χ0v) is 10.1. The van der Waals surface area contributed by atoms with E-state index in [1.807, 2.05) is 0 Å². The van der Waals surface area contributed by atoms with Gasteiger partial charge in [-0.1, -0.05) is 5.11 Å². The van der Waals surface area contributed by atoms with Crippen LogP contribution in [-0.4, -0.2) is 57.6 Å². The Balaban J connectivity index is 2.31. The molecule has 2 rings (SSSR count). The molecule has 2 N–H and O–H groups in total. The minimum Gasteiger partial charge on any atom is -0.393 e. The van der Waals surface area contributed by atoms with E-state index in [4.69, 9.17) is 15.4 Å². The molecule has 0 saturated carbocycles. The van der Waals surface area contributed by atoms with E-state index in [1.54, 1.807) is 0 Å². The molecule has 0 bridgehead atoms. The van der Waals surface area contributed by atoms with Crippen molar-refractivity contribution in [3.8, 4) is 0 Å². The van der Waals surface area contributed by atoms with E-state index in [0.717, 1.165) is 17.2 Å². The minimum atomic E-state index is -2.30. The average Bonchev–Trinajstić information content (AvgIpc) is 2.65. The Morgan fingerprint density at radius 1 is 1.65 bits per heavy atom. The van der Waals surface area contributed by atoms with Gasteiger partial charge in [-0.3, -0.25) is 14.5 Å². The van der Waals surface area contributed by atoms with Crippen LogP contribution in [0, 0.1) is 0 Å². The number of rotatable bonds is 3. The van der Waals surface area contributed by atoms with Gasteiger partial charge < -0.3 is 14.9 Å². The molecule has 2 aliphatic rings. The zero-order valence-electron chi connectivity index (χ0n) is 10.1. The molecule has 2 heterocycles. The second-order valence-electron chi connectivity index (χ2n) is 4.35. The molecule has 0 aromatic carbocycles. The second-order valence-corrected chi connectivity index (χ2v) is 4.35. The lowest BCUT2D eigenvalue weighted by molar-refractivity contribution is -0.158. The summed E-state index contributed by atoms with van der Waals surface area (Å²) in [5.41, 5.74) is 6.09. The molecule has 20 heavy (non-hydrogen) atoms. The number of hydrogen-bond acceptors (Lipinski definition) is 6. The predicted molar refractivity (Wildman–Crippen MR) is 60.3 cm³/mol. The number of ketones is 1. The first-order chi connectivity index (χ1) is 9.45. The van der Waals surface area contributed by atoms with E-state index in [9.17, 15) is 19.1 Å². The number of hydrogen-bond donors (Lipinski definition) is 2. The number of nitrogens with zero attached hydrogens (tertiary/aromatic N) is 4. The van der Waals surface area contributed by atoms with Gasteiger partial charge in [0.1, 0.15) is 6.10 Å². The fourth-order valence-electron chi connectivity index (χ4n) is 2.06. The van der Waals surface area contributed by atoms with Crippen molar-refractivity contribution in [1.29, 1.82) is 0 Å². The number of azide groups is 1. The summed E-state index contributed by atoms with van der Waals surface area (Å²) in [6.07, 6.45) is -3.83. The van der Waals surface area contributed by atoms with Crippen molar-refractivity contribution >= 4 is 11.7 Å². The standard InChI is InChI=1S/C10H11FN4O5/c11-8-7(19)9(20-10(8,4-16)13-14-12)15-2-1-5(17)3-6(15)18/h1-2,7-9,16,19H,3-4H2/t7-,8+,9-,10-/m1/s1. The van der Waals surface area contributed by atoms with Gasteiger partial charge in [0.05, 0.1) is 13.0 Å². The van der Waals surface area contributed by atoms with Crippen molar-refractivity contribution in [1.82, 2.24) is 4.90 Å². The summed E-state index contributed by atoms with van der Waals surface area (Å²) in [5.74, 6) is -1.12. The Morgan fingerprint density at radius 3 is 2.90 bits per heavy atom. The Kier molecular flexibility index (Phi) is 3.73. The minimum absolute atomic E-state index is 0.431. The third-order valence-electron chi connectivity index (χ3n) is 3.10. The van der Waals surface area contributed by atoms with Crippen LogP contribution in [0.25, 0.3) is 10.4 Å². The van der Waals surface area contributed by atoms with Crippen LogP contribution in [0.1, 0.15) is 6.42 Å². The third kappa shape index (κ3) is 2.14. The van der Waals surface area contributed by atoms with Crippen molar-refractivity contribution in [2.75, 3.05) is 6.61 Å². The van der Waals surface area contributed by atoms with Crippen molar-refractivity contribution < 1.29 is 28.9 Å². The van der Waals surface area contributed by atoms with Crippen LogP contribution in [0.3, 0.4) is 0 Å². The lowest BCUT2D eigenvalue weighted by atomic mass is 10.1. The van der Waals surface area contributed by atoms with Crippen LogP contribution in [0.4, 0.5) is 4.39 Å². The number of aliphatic hydroxyl groups is 2. The summed E-state index contributed by atoms with van der Waals surface area (Å²) < 4.78 is 19.1. The van der Waals surface area contributed by atoms with Gasteiger partial charge in [0, 0.05) is 11.1 Å². The van der Waals surface area contributed by atoms with Gasteiger partial charge in [-0.25, -0.2) is 4.39 Å². The van der Waals surface area contributed by atoms with Gasteiger partial charge in [-0.2, -0.15) is 0 Å². The summed E-state index contributed by atoms with van der Waals surface area (Å²) in [7, 11) is 0. The fraction of sp³-hybridized carbons (Fsp3) is 0.600. The lowest BCUT2D eigenvalue weighted by Gasteiger charge is -2.29. The summed E-state index contributed by atoms with van der Waals surface area (Å²) >= 11 is 0. The van der Waals surface area contributed by atoms with Crippen LogP contribution < -0.4 is 0 Å². The van der Waals surface area contributed by atoms with Crippen LogP contribution in [-0.2, 0) is 14.3 Å². The number of alkyl halides is 1. The van der Waals surface area contributed by atoms with Gasteiger partial charge in [0.15, 0.2) is 18.2 Å². The maximum atomic E-state index is 14.0. The third-order valence-corrected chi connectivity index (χ3v) is 3.10. The molecule has 0 radical (unpaired) electrons. The van der Waals surface area contributed by atoms with Crippen LogP contribution in [0.2, 0.25) is 0 Å². The van der Waals surface area contributed by atoms with Gasteiger partial charge >= 0.3 is 0 Å². The molecule has 4 atom stereocenters. The molecule has 0 aromatic heterocycles. The highest BCUT2D eigenvalue weighted by molar-refractivity contribution is 6.06. The highest BCUT2D eigenvalue weighted by Gasteiger charge is 2.57. The van der Waals surface area contributed by atoms with E-state index >= 15 is 0 Å². The molecule has 0 aliphatic carbocycles. The van der Waals surface area contributed by atoms with Gasteiger partial charge in [0.2, 0.25) is 11.6 Å². The highest BCUT2D eigenvalue weighted by Crippen LogP contribution is 2.37. The van der Waals surface area contributed by atoms with E-state index in [1.165, 1.54) is 0 Å². The van der Waals surface area contributed by atoms with E-state index in [2.05, 4.69) is 10.0 Å². The smallest absolute Gasteiger partial charge is 0.236 e. The predicted octanol–water partition coefficient (Wildman–Crippen LogP) is -0.644. The fourth-order valence-corrected chi connectivity index (χ4v) is 2.06. The molecule has 1 amide bonds. The van der Waals surface area contributed by atoms with Gasteiger partial charge in [-0.15, -0.1) is 0 Å². The van der Waals surface area contributed by atoms with Crippen molar-refractivity contribution in [3.05, 3.63) is 22.7 Å². The summed E-state index contributed by atoms with van der Waals surface area (Å²) in [6.45, 7) is -1.00. The summed E-state index contributed by atoms with van der Waals surface area (Å²) in [6, 6.07) is 0. The van der Waals surface area contributed by atoms with E-state index in [-0.39, 0.29) is 0 Å². The molecule has 1 fully saturated rings. The molecule has 0 aromatic rings. The monoisotopic (exact) mass is 286 g/mol. The van der Waals surface area contributed by atoms with Gasteiger partial charge in [-0.05, 0) is 11.6 Å². The topological polar surface area (TPSA) is 136 Å². The quantitative estimate of drug-likeness (QED) is 0.307. The SMILES string of the molecule is [N-]=[N+]=N[C@]1(CO)O[C@@H](N2C=CC(=O)CC2=O)[C@H](O)[C@@H]1F. The molecular weight excluding hydrogens is 275 g/mol. The first-order valence-corrected chi connectivity index (χ1v) is 5.64. The molecule has 2 aliphatic heterocycles. The van der Waals surface area contributed by atoms with Gasteiger partial charge in [0.25, 0.3) is 0 Å². The Hall–Kier alpha value is -2.00. The Labute approximate surface area is 111 Å². The average molecular weight is 286 g/mol. The second kappa shape index (κ2) is 5.17. The highest BCUT2D eigenvalue weighted by atomic mass is 19.1. The van der Waals surface area contributed by atoms with Crippen LogP contribution in [0.5, 0.6) is 0 Å². The number of allylic oxidation sites excluding steroid dienone is 1. The zero-order chi connectivity index (χ0) is 14.9. The largest absolute Gasteiger partial charge is 0.393 e. The number of aliphatic hydroxyl groups excluding tert-OH is 2. The number of ether oxygens (including phenoxy) is 1.